The van der Waals surface area contributed by atoms with Crippen LogP contribution in [0.5, 0.6) is 0 Å². The number of carbonyl (C=O) groups is 1. The summed E-state index contributed by atoms with van der Waals surface area (Å²) in [4.78, 5) is 21.7. The highest BCUT2D eigenvalue weighted by Crippen LogP contribution is 2.24. The molecule has 0 unspecified atom stereocenters. The van der Waals surface area contributed by atoms with Crippen LogP contribution in [0.15, 0.2) is 53.4 Å². The van der Waals surface area contributed by atoms with Crippen molar-refractivity contribution >= 4 is 28.6 Å². The minimum atomic E-state index is -0.0971. The number of hydrogen-bond donors (Lipinski definition) is 1. The van der Waals surface area contributed by atoms with Crippen molar-refractivity contribution < 1.29 is 4.79 Å². The van der Waals surface area contributed by atoms with Gasteiger partial charge in [0.05, 0.1) is 17.8 Å². The largest absolute Gasteiger partial charge is 0.346 e. The molecule has 0 bridgehead atoms. The maximum absolute atomic E-state index is 12.7. The second-order valence-corrected chi connectivity index (χ2v) is 7.86. The highest BCUT2D eigenvalue weighted by Gasteiger charge is 2.18. The van der Waals surface area contributed by atoms with Gasteiger partial charge in [-0.3, -0.25) is 9.36 Å². The smallest absolute Gasteiger partial charge is 0.253 e. The minimum Gasteiger partial charge on any atom is -0.346 e. The molecule has 0 saturated carbocycles. The third kappa shape index (κ3) is 3.56. The van der Waals surface area contributed by atoms with Crippen molar-refractivity contribution in [2.75, 3.05) is 0 Å². The molecule has 1 amide bonds. The molecule has 7 heteroatoms. The van der Waals surface area contributed by atoms with E-state index in [4.69, 9.17) is 0 Å². The lowest BCUT2D eigenvalue weighted by atomic mass is 10.2. The Morgan fingerprint density at radius 1 is 1.19 bits per heavy atom. The van der Waals surface area contributed by atoms with Gasteiger partial charge < -0.3 is 5.32 Å². The molecule has 0 radical (unpaired) electrons. The van der Waals surface area contributed by atoms with E-state index in [1.807, 2.05) is 65.6 Å². The average Bonchev–Trinajstić information content (AvgIpc) is 3.41. The lowest BCUT2D eigenvalue weighted by molar-refractivity contribution is 0.0950. The Morgan fingerprint density at radius 3 is 2.74 bits per heavy atom. The third-order valence-electron chi connectivity index (χ3n) is 4.29. The van der Waals surface area contributed by atoms with Gasteiger partial charge in [0.1, 0.15) is 5.01 Å². The van der Waals surface area contributed by atoms with Crippen LogP contribution in [-0.4, -0.2) is 20.4 Å². The Hall–Kier alpha value is -2.77. The molecule has 0 aliphatic carbocycles. The summed E-state index contributed by atoms with van der Waals surface area (Å²) in [5, 5.41) is 8.73. The summed E-state index contributed by atoms with van der Waals surface area (Å²) in [6.07, 6.45) is 1.77. The topological polar surface area (TPSA) is 59.8 Å². The van der Waals surface area contributed by atoms with Crippen molar-refractivity contribution in [3.8, 4) is 15.7 Å². The van der Waals surface area contributed by atoms with E-state index in [0.717, 1.165) is 32.8 Å². The quantitative estimate of drug-likeness (QED) is 0.538. The summed E-state index contributed by atoms with van der Waals surface area (Å²) >= 11 is 3.14. The molecule has 1 aromatic carbocycles. The van der Waals surface area contributed by atoms with E-state index in [2.05, 4.69) is 15.3 Å². The van der Waals surface area contributed by atoms with Crippen LogP contribution in [0.4, 0.5) is 0 Å². The Labute approximate surface area is 165 Å². The molecular weight excluding hydrogens is 376 g/mol. The maximum atomic E-state index is 12.7. The molecular formula is C20H18N4OS2. The van der Waals surface area contributed by atoms with E-state index in [-0.39, 0.29) is 5.91 Å². The van der Waals surface area contributed by atoms with Gasteiger partial charge in [-0.1, -0.05) is 30.3 Å². The first-order valence-corrected chi connectivity index (χ1v) is 10.3. The van der Waals surface area contributed by atoms with Crippen LogP contribution < -0.4 is 5.32 Å². The normalized spacial score (nSPS) is 10.9. The minimum absolute atomic E-state index is 0.0971. The van der Waals surface area contributed by atoms with E-state index in [0.29, 0.717) is 12.1 Å². The molecule has 1 N–H and O–H groups in total. The number of amides is 1. The average molecular weight is 395 g/mol. The second kappa shape index (κ2) is 7.46. The van der Waals surface area contributed by atoms with Crippen molar-refractivity contribution in [3.05, 3.63) is 76.0 Å². The van der Waals surface area contributed by atoms with Crippen LogP contribution in [0.25, 0.3) is 15.7 Å². The van der Waals surface area contributed by atoms with Crippen molar-refractivity contribution in [1.29, 1.82) is 0 Å². The molecule has 0 saturated heterocycles. The number of hydrogen-bond acceptors (Lipinski definition) is 5. The molecule has 4 aromatic rings. The zero-order valence-electron chi connectivity index (χ0n) is 15.0. The molecule has 0 fully saturated rings. The molecule has 0 spiro atoms. The van der Waals surface area contributed by atoms with Gasteiger partial charge in [-0.2, -0.15) is 0 Å². The number of aromatic nitrogens is 3. The van der Waals surface area contributed by atoms with Gasteiger partial charge in [0.25, 0.3) is 5.91 Å². The summed E-state index contributed by atoms with van der Waals surface area (Å²) in [5.41, 5.74) is 4.50. The van der Waals surface area contributed by atoms with Crippen LogP contribution in [-0.2, 0) is 6.54 Å². The first-order chi connectivity index (χ1) is 13.1. The van der Waals surface area contributed by atoms with E-state index in [1.54, 1.807) is 28.9 Å². The Kier molecular flexibility index (Phi) is 4.87. The lowest BCUT2D eigenvalue weighted by Gasteiger charge is -2.06. The first-order valence-electron chi connectivity index (χ1n) is 8.50. The molecule has 0 atom stereocenters. The summed E-state index contributed by atoms with van der Waals surface area (Å²) in [7, 11) is 0. The Morgan fingerprint density at radius 2 is 2.00 bits per heavy atom. The van der Waals surface area contributed by atoms with Gasteiger partial charge in [-0.15, -0.1) is 22.7 Å². The number of carbonyl (C=O) groups excluding carboxylic acids is 1. The van der Waals surface area contributed by atoms with E-state index in [9.17, 15) is 4.79 Å². The van der Waals surface area contributed by atoms with Gasteiger partial charge in [0.15, 0.2) is 5.13 Å². The number of nitrogens with zero attached hydrogens (tertiary/aromatic N) is 3. The standard InChI is InChI=1S/C20H18N4OS2/c1-13-10-17(14(2)24(13)20-21-8-9-26-20)18(25)22-11-16-12-27-19(23-16)15-6-4-3-5-7-15/h3-10,12H,11H2,1-2H3,(H,22,25). The number of benzene rings is 1. The van der Waals surface area contributed by atoms with Crippen molar-refractivity contribution in [2.45, 2.75) is 20.4 Å². The van der Waals surface area contributed by atoms with E-state index in [1.165, 1.54) is 0 Å². The number of aryl methyl sites for hydroxylation is 1. The summed E-state index contributed by atoms with van der Waals surface area (Å²) in [6, 6.07) is 12.0. The fraction of sp³-hybridized carbons (Fsp3) is 0.150. The highest BCUT2D eigenvalue weighted by molar-refractivity contribution is 7.13. The van der Waals surface area contributed by atoms with Crippen LogP contribution in [0.2, 0.25) is 0 Å². The predicted molar refractivity (Wildman–Crippen MR) is 110 cm³/mol. The number of thiazole rings is 2. The van der Waals surface area contributed by atoms with Crippen LogP contribution in [0, 0.1) is 13.8 Å². The van der Waals surface area contributed by atoms with Crippen LogP contribution >= 0.6 is 22.7 Å². The molecule has 4 rings (SSSR count). The zero-order chi connectivity index (χ0) is 18.8. The van der Waals surface area contributed by atoms with Gasteiger partial charge in [-0.05, 0) is 19.9 Å². The fourth-order valence-corrected chi connectivity index (χ4v) is 4.56. The summed E-state index contributed by atoms with van der Waals surface area (Å²) in [6.45, 7) is 4.33. The lowest BCUT2D eigenvalue weighted by Crippen LogP contribution is -2.23. The van der Waals surface area contributed by atoms with Gasteiger partial charge in [0, 0.05) is 33.9 Å². The summed E-state index contributed by atoms with van der Waals surface area (Å²) < 4.78 is 2.01. The Balaban J connectivity index is 1.48. The SMILES string of the molecule is Cc1cc(C(=O)NCc2csc(-c3ccccc3)n2)c(C)n1-c1nccs1. The monoisotopic (exact) mass is 394 g/mol. The fourth-order valence-electron chi connectivity index (χ4n) is 2.98. The predicted octanol–water partition coefficient (Wildman–Crippen LogP) is 4.60. The van der Waals surface area contributed by atoms with Crippen molar-refractivity contribution in [1.82, 2.24) is 19.9 Å². The zero-order valence-corrected chi connectivity index (χ0v) is 16.6. The molecule has 0 aliphatic rings. The van der Waals surface area contributed by atoms with Crippen molar-refractivity contribution in [2.24, 2.45) is 0 Å². The van der Waals surface area contributed by atoms with Crippen LogP contribution in [0.1, 0.15) is 27.4 Å². The van der Waals surface area contributed by atoms with Crippen molar-refractivity contribution in [3.63, 3.8) is 0 Å². The van der Waals surface area contributed by atoms with Gasteiger partial charge in [-0.25, -0.2) is 9.97 Å². The summed E-state index contributed by atoms with van der Waals surface area (Å²) in [5.74, 6) is -0.0971. The highest BCUT2D eigenvalue weighted by atomic mass is 32.1. The van der Waals surface area contributed by atoms with Gasteiger partial charge >= 0.3 is 0 Å². The van der Waals surface area contributed by atoms with Gasteiger partial charge in [0.2, 0.25) is 0 Å². The third-order valence-corrected chi connectivity index (χ3v) is 5.99. The molecule has 136 valence electrons. The molecule has 3 aromatic heterocycles. The van der Waals surface area contributed by atoms with Crippen LogP contribution in [0.3, 0.4) is 0 Å². The number of rotatable bonds is 5. The van der Waals surface area contributed by atoms with E-state index < -0.39 is 0 Å². The maximum Gasteiger partial charge on any atom is 0.253 e. The molecule has 0 aliphatic heterocycles. The molecule has 5 nitrogen and oxygen atoms in total. The van der Waals surface area contributed by atoms with E-state index >= 15 is 0 Å². The second-order valence-electron chi connectivity index (χ2n) is 6.13. The Bertz CT molecular complexity index is 1070. The number of nitrogens with one attached hydrogen (secondary N) is 1. The first kappa shape index (κ1) is 17.6. The molecule has 27 heavy (non-hydrogen) atoms. The molecule has 3 heterocycles.